The summed E-state index contributed by atoms with van der Waals surface area (Å²) in [6.07, 6.45) is 11.8. The molecule has 3 fully saturated rings. The van der Waals surface area contributed by atoms with Gasteiger partial charge >= 0.3 is 0 Å². The summed E-state index contributed by atoms with van der Waals surface area (Å²) in [5.41, 5.74) is 1.37. The molecule has 2 heterocycles. The summed E-state index contributed by atoms with van der Waals surface area (Å²) in [4.78, 5) is 4.76. The Morgan fingerprint density at radius 2 is 1.63 bits per heavy atom. The molecule has 0 spiro atoms. The molecule has 0 bridgehead atoms. The van der Waals surface area contributed by atoms with E-state index >= 15 is 0 Å². The number of benzene rings is 2. The highest BCUT2D eigenvalue weighted by atomic mass is 19.3. The van der Waals surface area contributed by atoms with Crippen molar-refractivity contribution >= 4 is 0 Å². The second-order valence-corrected chi connectivity index (χ2v) is 12.5. The number of alkyl halides is 2. The molecule has 2 aromatic carbocycles. The first-order valence-corrected chi connectivity index (χ1v) is 15.8. The van der Waals surface area contributed by atoms with Crippen LogP contribution < -0.4 is 0 Å². The van der Waals surface area contributed by atoms with Crippen molar-refractivity contribution in [1.82, 2.24) is 9.80 Å². The Hall–Kier alpha value is -2.31. The van der Waals surface area contributed by atoms with Crippen LogP contribution in [0.15, 0.2) is 66.4 Å². The molecule has 1 aliphatic carbocycles. The first kappa shape index (κ1) is 31.6. The van der Waals surface area contributed by atoms with Crippen LogP contribution in [0.3, 0.4) is 0 Å². The van der Waals surface area contributed by atoms with Crippen molar-refractivity contribution in [2.45, 2.75) is 89.0 Å². The molecule has 2 atom stereocenters. The number of halogens is 3. The van der Waals surface area contributed by atoms with E-state index in [-0.39, 0.29) is 18.0 Å². The molecule has 41 heavy (non-hydrogen) atoms. The van der Waals surface area contributed by atoms with E-state index in [1.807, 2.05) is 6.08 Å². The number of likely N-dealkylation sites (tertiary alicyclic amines) is 2. The fraction of sp³-hybridized carbons (Fsp3) is 0.600. The molecule has 0 radical (unpaired) electrons. The molecule has 3 aliphatic rings. The number of rotatable bonds is 10. The standard InChI is InChI=1S/C20H29NO.C15H20F3N/c1-2-7-20(22)19(14-16-8-6-9-16)21-13-12-18(15-21)17-10-4-3-5-11-17;1-19-10-7-12(8-11-19)6-9-15(17,18)13-2-4-14(16)5-3-13/h3-5,7,10-11,16,18-19,22H,2,6,8-9,12-15H2,1H3;2-5,12H,6-11H2,1H3/b20-7+;. The fourth-order valence-electron chi connectivity index (χ4n) is 6.49. The van der Waals surface area contributed by atoms with Crippen LogP contribution in [0.1, 0.15) is 88.2 Å². The maximum atomic E-state index is 14.0. The van der Waals surface area contributed by atoms with Crippen LogP contribution in [0.2, 0.25) is 0 Å². The molecule has 1 N–H and O–H groups in total. The molecular formula is C35H49F3N2O. The lowest BCUT2D eigenvalue weighted by Gasteiger charge is -2.34. The number of piperidine rings is 1. The van der Waals surface area contributed by atoms with Crippen molar-refractivity contribution < 1.29 is 18.3 Å². The van der Waals surface area contributed by atoms with Gasteiger partial charge in [0, 0.05) is 18.5 Å². The van der Waals surface area contributed by atoms with Gasteiger partial charge in [0.2, 0.25) is 0 Å². The van der Waals surface area contributed by atoms with Crippen molar-refractivity contribution in [2.75, 3.05) is 33.2 Å². The zero-order valence-corrected chi connectivity index (χ0v) is 25.0. The lowest BCUT2D eigenvalue weighted by Crippen LogP contribution is -2.37. The second kappa shape index (κ2) is 15.2. The lowest BCUT2D eigenvalue weighted by molar-refractivity contribution is -0.0214. The van der Waals surface area contributed by atoms with Crippen LogP contribution in [0, 0.1) is 17.7 Å². The normalized spacial score (nSPS) is 22.2. The van der Waals surface area contributed by atoms with Crippen LogP contribution >= 0.6 is 0 Å². The molecular weight excluding hydrogens is 521 g/mol. The van der Waals surface area contributed by atoms with Crippen LogP contribution in [0.25, 0.3) is 0 Å². The van der Waals surface area contributed by atoms with Crippen LogP contribution in [-0.2, 0) is 5.92 Å². The summed E-state index contributed by atoms with van der Waals surface area (Å²) < 4.78 is 40.7. The largest absolute Gasteiger partial charge is 0.511 e. The molecule has 2 aromatic rings. The fourth-order valence-corrected chi connectivity index (χ4v) is 6.49. The molecule has 0 amide bonds. The predicted octanol–water partition coefficient (Wildman–Crippen LogP) is 8.93. The van der Waals surface area contributed by atoms with Gasteiger partial charge in [-0.25, -0.2) is 13.2 Å². The van der Waals surface area contributed by atoms with Gasteiger partial charge in [0.15, 0.2) is 0 Å². The lowest BCUT2D eigenvalue weighted by atomic mass is 9.80. The van der Waals surface area contributed by atoms with E-state index < -0.39 is 11.7 Å². The number of aliphatic hydroxyl groups excluding tert-OH is 1. The number of allylic oxidation sites excluding steroid dienone is 1. The highest BCUT2D eigenvalue weighted by Crippen LogP contribution is 2.37. The third kappa shape index (κ3) is 9.34. The summed E-state index contributed by atoms with van der Waals surface area (Å²) in [5, 5.41) is 10.5. The monoisotopic (exact) mass is 570 g/mol. The SMILES string of the molecule is CC/C=C(/O)C(CC1CCC1)N1CCC(c2ccccc2)C1.CN1CCC(CCC(F)(F)c2ccc(F)cc2)CC1. The molecule has 2 saturated heterocycles. The van der Waals surface area contributed by atoms with Gasteiger partial charge < -0.3 is 10.0 Å². The number of nitrogens with zero attached hydrogens (tertiary/aromatic N) is 2. The van der Waals surface area contributed by atoms with Crippen LogP contribution in [0.5, 0.6) is 0 Å². The Morgan fingerprint density at radius 1 is 0.951 bits per heavy atom. The summed E-state index contributed by atoms with van der Waals surface area (Å²) in [6, 6.07) is 15.7. The minimum atomic E-state index is -2.85. The van der Waals surface area contributed by atoms with Gasteiger partial charge in [0.1, 0.15) is 11.6 Å². The molecule has 0 aromatic heterocycles. The Balaban J connectivity index is 0.000000191. The summed E-state index contributed by atoms with van der Waals surface area (Å²) in [5.74, 6) is -0.870. The minimum Gasteiger partial charge on any atom is -0.511 e. The maximum absolute atomic E-state index is 14.0. The van der Waals surface area contributed by atoms with Gasteiger partial charge in [-0.3, -0.25) is 4.90 Å². The van der Waals surface area contributed by atoms with E-state index in [2.05, 4.69) is 54.1 Å². The first-order valence-electron chi connectivity index (χ1n) is 15.8. The summed E-state index contributed by atoms with van der Waals surface area (Å²) >= 11 is 0. The molecule has 2 aliphatic heterocycles. The molecule has 1 saturated carbocycles. The topological polar surface area (TPSA) is 26.7 Å². The Labute approximate surface area is 245 Å². The highest BCUT2D eigenvalue weighted by Gasteiger charge is 2.34. The third-order valence-corrected chi connectivity index (χ3v) is 9.44. The smallest absolute Gasteiger partial charge is 0.273 e. The predicted molar refractivity (Wildman–Crippen MR) is 162 cm³/mol. The van der Waals surface area contributed by atoms with Crippen molar-refractivity contribution in [3.63, 3.8) is 0 Å². The van der Waals surface area contributed by atoms with E-state index in [1.165, 1.54) is 43.4 Å². The first-order chi connectivity index (χ1) is 19.7. The van der Waals surface area contributed by atoms with Gasteiger partial charge in [0.05, 0.1) is 6.04 Å². The third-order valence-electron chi connectivity index (χ3n) is 9.44. The Morgan fingerprint density at radius 3 is 2.24 bits per heavy atom. The minimum absolute atomic E-state index is 0.0816. The van der Waals surface area contributed by atoms with E-state index in [1.54, 1.807) is 0 Å². The zero-order chi connectivity index (χ0) is 29.2. The quantitative estimate of drug-likeness (QED) is 0.289. The van der Waals surface area contributed by atoms with E-state index in [0.717, 1.165) is 69.9 Å². The molecule has 226 valence electrons. The molecule has 2 unspecified atom stereocenters. The number of hydrogen-bond donors (Lipinski definition) is 1. The van der Waals surface area contributed by atoms with Gasteiger partial charge in [-0.15, -0.1) is 0 Å². The number of hydrogen-bond acceptors (Lipinski definition) is 3. The molecule has 3 nitrogen and oxygen atoms in total. The van der Waals surface area contributed by atoms with E-state index in [4.69, 9.17) is 0 Å². The Kier molecular flexibility index (Phi) is 11.8. The average Bonchev–Trinajstić information content (AvgIpc) is 3.43. The van der Waals surface area contributed by atoms with Crippen LogP contribution in [0.4, 0.5) is 13.2 Å². The molecule has 6 heteroatoms. The number of aliphatic hydroxyl groups is 1. The van der Waals surface area contributed by atoms with Gasteiger partial charge in [-0.05, 0) is 107 Å². The van der Waals surface area contributed by atoms with Crippen molar-refractivity contribution in [2.24, 2.45) is 11.8 Å². The second-order valence-electron chi connectivity index (χ2n) is 12.5. The zero-order valence-electron chi connectivity index (χ0n) is 25.0. The summed E-state index contributed by atoms with van der Waals surface area (Å²) in [6.45, 7) is 6.29. The van der Waals surface area contributed by atoms with Gasteiger partial charge in [0.25, 0.3) is 5.92 Å². The van der Waals surface area contributed by atoms with Crippen LogP contribution in [-0.4, -0.2) is 54.2 Å². The van der Waals surface area contributed by atoms with E-state index in [9.17, 15) is 18.3 Å². The van der Waals surface area contributed by atoms with Gasteiger partial charge in [-0.1, -0.05) is 68.7 Å². The Bertz CT molecular complexity index is 1060. The molecule has 5 rings (SSSR count). The van der Waals surface area contributed by atoms with Gasteiger partial charge in [-0.2, -0.15) is 0 Å². The van der Waals surface area contributed by atoms with Crippen molar-refractivity contribution in [3.8, 4) is 0 Å². The van der Waals surface area contributed by atoms with Crippen molar-refractivity contribution in [1.29, 1.82) is 0 Å². The van der Waals surface area contributed by atoms with E-state index in [0.29, 0.717) is 24.0 Å². The average molecular weight is 571 g/mol. The highest BCUT2D eigenvalue weighted by molar-refractivity contribution is 5.22. The summed E-state index contributed by atoms with van der Waals surface area (Å²) in [7, 11) is 2.06. The maximum Gasteiger partial charge on any atom is 0.273 e. The van der Waals surface area contributed by atoms with Crippen molar-refractivity contribution in [3.05, 3.63) is 83.4 Å².